The van der Waals surface area contributed by atoms with Crippen LogP contribution in [0, 0.1) is 0 Å². The fourth-order valence-corrected chi connectivity index (χ4v) is 3.70. The van der Waals surface area contributed by atoms with Gasteiger partial charge in [0.25, 0.3) is 5.91 Å². The molecule has 0 saturated carbocycles. The molecule has 2 aromatic heterocycles. The van der Waals surface area contributed by atoms with Crippen LogP contribution in [0.5, 0.6) is 0 Å². The zero-order valence-electron chi connectivity index (χ0n) is 16.9. The van der Waals surface area contributed by atoms with Crippen LogP contribution in [0.1, 0.15) is 12.5 Å². The second-order valence-electron chi connectivity index (χ2n) is 6.77. The minimum atomic E-state index is -0.525. The Labute approximate surface area is 194 Å². The molecule has 3 aromatic rings. The molecular formula is C20H20Cl3N5O3. The second-order valence-corrected chi connectivity index (χ2v) is 8.03. The van der Waals surface area contributed by atoms with E-state index in [1.165, 1.54) is 6.92 Å². The van der Waals surface area contributed by atoms with Gasteiger partial charge in [0.05, 0.1) is 5.52 Å². The molecule has 3 rings (SSSR count). The van der Waals surface area contributed by atoms with Gasteiger partial charge in [0, 0.05) is 43.7 Å². The molecule has 1 amide bonds. The number of aryl methyl sites for hydroxylation is 1. The number of carbonyl (C=O) groups is 2. The average molecular weight is 485 g/mol. The topological polar surface area (TPSA) is 89.3 Å². The predicted molar refractivity (Wildman–Crippen MR) is 121 cm³/mol. The molecule has 31 heavy (non-hydrogen) atoms. The molecule has 1 aromatic carbocycles. The van der Waals surface area contributed by atoms with E-state index in [0.29, 0.717) is 39.9 Å². The molecule has 0 fully saturated rings. The van der Waals surface area contributed by atoms with Gasteiger partial charge in [-0.15, -0.1) is 0 Å². The number of nitrogens with zero attached hydrogens (tertiary/aromatic N) is 4. The minimum Gasteiger partial charge on any atom is -0.456 e. The first-order valence-electron chi connectivity index (χ1n) is 9.32. The summed E-state index contributed by atoms with van der Waals surface area (Å²) in [6, 6.07) is 8.61. The summed E-state index contributed by atoms with van der Waals surface area (Å²) in [5.41, 5.74) is 2.10. The zero-order valence-corrected chi connectivity index (χ0v) is 19.1. The summed E-state index contributed by atoms with van der Waals surface area (Å²) in [6.45, 7) is 1.87. The maximum atomic E-state index is 12.6. The third-order valence-corrected chi connectivity index (χ3v) is 5.07. The first-order chi connectivity index (χ1) is 14.7. The molecule has 2 heterocycles. The van der Waals surface area contributed by atoms with Crippen molar-refractivity contribution in [3.05, 3.63) is 51.1 Å². The van der Waals surface area contributed by atoms with Gasteiger partial charge in [-0.2, -0.15) is 4.98 Å². The summed E-state index contributed by atoms with van der Waals surface area (Å²) in [7, 11) is 1.85. The molecule has 1 N–H and O–H groups in total. The van der Waals surface area contributed by atoms with Crippen molar-refractivity contribution in [1.29, 1.82) is 0 Å². The molecule has 0 unspecified atom stereocenters. The third-order valence-electron chi connectivity index (χ3n) is 4.42. The summed E-state index contributed by atoms with van der Waals surface area (Å²) in [6.07, 6.45) is 0. The van der Waals surface area contributed by atoms with Gasteiger partial charge in [0.2, 0.25) is 5.95 Å². The maximum absolute atomic E-state index is 12.6. The van der Waals surface area contributed by atoms with E-state index in [2.05, 4.69) is 15.3 Å². The second kappa shape index (κ2) is 10.2. The summed E-state index contributed by atoms with van der Waals surface area (Å²) in [5, 5.41) is 4.50. The van der Waals surface area contributed by atoms with Gasteiger partial charge in [-0.1, -0.05) is 34.8 Å². The molecule has 0 aliphatic rings. The molecule has 11 heteroatoms. The number of rotatable bonds is 8. The van der Waals surface area contributed by atoms with Crippen molar-refractivity contribution in [2.45, 2.75) is 13.5 Å². The fraction of sp³-hybridized carbons (Fsp3) is 0.300. The van der Waals surface area contributed by atoms with Crippen LogP contribution in [0.15, 0.2) is 30.3 Å². The van der Waals surface area contributed by atoms with Crippen LogP contribution in [-0.2, 0) is 27.9 Å². The Morgan fingerprint density at radius 3 is 2.52 bits per heavy atom. The van der Waals surface area contributed by atoms with Crippen molar-refractivity contribution in [2.75, 3.05) is 25.0 Å². The summed E-state index contributed by atoms with van der Waals surface area (Å²) < 4.78 is 6.71. The van der Waals surface area contributed by atoms with Crippen LogP contribution in [-0.4, -0.2) is 51.0 Å². The quantitative estimate of drug-likeness (QED) is 0.385. The number of halogens is 3. The van der Waals surface area contributed by atoms with E-state index in [-0.39, 0.29) is 19.1 Å². The van der Waals surface area contributed by atoms with Crippen LogP contribution >= 0.6 is 34.8 Å². The zero-order chi connectivity index (χ0) is 22.5. The Morgan fingerprint density at radius 2 is 1.84 bits per heavy atom. The lowest BCUT2D eigenvalue weighted by atomic mass is 10.2. The number of benzene rings is 1. The van der Waals surface area contributed by atoms with Gasteiger partial charge in [-0.05, 0) is 35.9 Å². The van der Waals surface area contributed by atoms with E-state index >= 15 is 0 Å². The highest BCUT2D eigenvalue weighted by Crippen LogP contribution is 2.21. The van der Waals surface area contributed by atoms with Gasteiger partial charge in [0.15, 0.2) is 12.3 Å². The van der Waals surface area contributed by atoms with Crippen molar-refractivity contribution < 1.29 is 14.3 Å². The van der Waals surface area contributed by atoms with Crippen molar-refractivity contribution >= 4 is 63.8 Å². The number of aromatic nitrogens is 3. The number of carbonyl (C=O) groups excluding carboxylic acids is 2. The number of nitrogens with one attached hydrogen (secondary N) is 1. The number of fused-ring (bicyclic) bond motifs is 1. The van der Waals surface area contributed by atoms with E-state index in [9.17, 15) is 9.59 Å². The van der Waals surface area contributed by atoms with E-state index in [4.69, 9.17) is 39.5 Å². The van der Waals surface area contributed by atoms with Crippen molar-refractivity contribution in [1.82, 2.24) is 19.4 Å². The Kier molecular flexibility index (Phi) is 7.59. The van der Waals surface area contributed by atoms with Gasteiger partial charge in [-0.25, -0.2) is 4.98 Å². The smallest absolute Gasteiger partial charge is 0.303 e. The van der Waals surface area contributed by atoms with E-state index in [1.807, 2.05) is 17.7 Å². The van der Waals surface area contributed by atoms with E-state index in [1.54, 1.807) is 29.2 Å². The Hall–Kier alpha value is -2.55. The van der Waals surface area contributed by atoms with Crippen molar-refractivity contribution in [3.8, 4) is 0 Å². The fourth-order valence-electron chi connectivity index (χ4n) is 2.98. The SMILES string of the molecule is CC(=O)OCC(=O)N(CCNc1nc2nc(Cl)ccc2n1C)Cc1cc(Cl)cc(Cl)c1. The third kappa shape index (κ3) is 6.22. The molecule has 0 radical (unpaired) electrons. The molecule has 8 nitrogen and oxygen atoms in total. The first-order valence-corrected chi connectivity index (χ1v) is 10.5. The minimum absolute atomic E-state index is 0.252. The number of imidazole rings is 1. The lowest BCUT2D eigenvalue weighted by molar-refractivity contribution is -0.150. The number of esters is 1. The molecule has 0 aliphatic carbocycles. The molecule has 0 aliphatic heterocycles. The molecule has 0 bridgehead atoms. The Morgan fingerprint density at radius 1 is 1.13 bits per heavy atom. The van der Waals surface area contributed by atoms with Crippen LogP contribution in [0.3, 0.4) is 0 Å². The number of ether oxygens (including phenoxy) is 1. The van der Waals surface area contributed by atoms with Crippen LogP contribution in [0.4, 0.5) is 5.95 Å². The highest BCUT2D eigenvalue weighted by molar-refractivity contribution is 6.34. The van der Waals surface area contributed by atoms with Gasteiger partial charge in [-0.3, -0.25) is 9.59 Å². The van der Waals surface area contributed by atoms with E-state index < -0.39 is 5.97 Å². The highest BCUT2D eigenvalue weighted by Gasteiger charge is 2.17. The van der Waals surface area contributed by atoms with Crippen molar-refractivity contribution in [3.63, 3.8) is 0 Å². The number of anilines is 1. The number of hydrogen-bond donors (Lipinski definition) is 1. The van der Waals surface area contributed by atoms with Crippen LogP contribution in [0.2, 0.25) is 15.2 Å². The highest BCUT2D eigenvalue weighted by atomic mass is 35.5. The Balaban J connectivity index is 1.71. The normalized spacial score (nSPS) is 10.9. The maximum Gasteiger partial charge on any atom is 0.303 e. The summed E-state index contributed by atoms with van der Waals surface area (Å²) in [4.78, 5) is 33.9. The van der Waals surface area contributed by atoms with Crippen LogP contribution in [0.25, 0.3) is 11.2 Å². The molecule has 0 spiro atoms. The molecule has 0 saturated heterocycles. The summed E-state index contributed by atoms with van der Waals surface area (Å²) >= 11 is 18.1. The largest absolute Gasteiger partial charge is 0.456 e. The Bertz CT molecular complexity index is 1100. The van der Waals surface area contributed by atoms with Gasteiger partial charge < -0.3 is 19.5 Å². The standard InChI is InChI=1S/C20H20Cl3N5O3/c1-12(29)31-11-18(30)28(10-13-7-14(21)9-15(22)8-13)6-5-24-20-26-19-16(27(20)2)3-4-17(23)25-19/h3-4,7-9H,5-6,10-11H2,1-2H3,(H,24,25,26). The predicted octanol–water partition coefficient (Wildman–Crippen LogP) is 3.93. The molecule has 164 valence electrons. The lowest BCUT2D eigenvalue weighted by Crippen LogP contribution is -2.37. The average Bonchev–Trinajstić information content (AvgIpc) is 2.99. The first kappa shape index (κ1) is 23.1. The van der Waals surface area contributed by atoms with Gasteiger partial charge in [0.1, 0.15) is 5.15 Å². The number of pyridine rings is 1. The lowest BCUT2D eigenvalue weighted by Gasteiger charge is -2.23. The van der Waals surface area contributed by atoms with Crippen molar-refractivity contribution in [2.24, 2.45) is 7.05 Å². The summed E-state index contributed by atoms with van der Waals surface area (Å²) in [5.74, 6) is -0.280. The number of amides is 1. The molecule has 0 atom stereocenters. The van der Waals surface area contributed by atoms with Crippen LogP contribution < -0.4 is 5.32 Å². The number of hydrogen-bond acceptors (Lipinski definition) is 6. The molecular weight excluding hydrogens is 465 g/mol. The van der Waals surface area contributed by atoms with Gasteiger partial charge >= 0.3 is 5.97 Å². The monoisotopic (exact) mass is 483 g/mol. The van der Waals surface area contributed by atoms with E-state index in [0.717, 1.165) is 11.1 Å².